The van der Waals surface area contributed by atoms with Gasteiger partial charge in [-0.3, -0.25) is 9.69 Å². The van der Waals surface area contributed by atoms with Gasteiger partial charge in [0.2, 0.25) is 5.91 Å². The summed E-state index contributed by atoms with van der Waals surface area (Å²) in [6.45, 7) is 5.52. The van der Waals surface area contributed by atoms with Crippen molar-refractivity contribution in [1.82, 2.24) is 10.2 Å². The molecule has 3 rings (SSSR count). The minimum Gasteiger partial charge on any atom is -0.493 e. The largest absolute Gasteiger partial charge is 0.493 e. The molecule has 0 saturated carbocycles. The fraction of sp³-hybridized carbons (Fsp3) is 0.296. The molecule has 3 aromatic carbocycles. The van der Waals surface area contributed by atoms with Crippen LogP contribution in [0.3, 0.4) is 0 Å². The van der Waals surface area contributed by atoms with Gasteiger partial charge in [-0.2, -0.15) is 0 Å². The molecule has 0 spiro atoms. The Labute approximate surface area is 191 Å². The fourth-order valence-electron chi connectivity index (χ4n) is 3.52. The molecule has 3 aromatic rings. The standard InChI is InChI=1S/C27H32N2O3/c1-3-29(18-10-17-28-27(30)20-22-11-5-4-6-12-22)21-23-13-9-14-24(19-23)32-26-16-8-7-15-25(26)31-2/h4-9,11-16,19H,3,10,17-18,20-21H2,1-2H3,(H,28,30). The van der Waals surface area contributed by atoms with Crippen molar-refractivity contribution in [3.05, 3.63) is 90.0 Å². The highest BCUT2D eigenvalue weighted by Gasteiger charge is 2.08. The number of carbonyl (C=O) groups excluding carboxylic acids is 1. The van der Waals surface area contributed by atoms with Crippen molar-refractivity contribution >= 4 is 5.91 Å². The lowest BCUT2D eigenvalue weighted by Gasteiger charge is -2.21. The van der Waals surface area contributed by atoms with Crippen LogP contribution in [0.2, 0.25) is 0 Å². The van der Waals surface area contributed by atoms with Gasteiger partial charge in [0.25, 0.3) is 0 Å². The lowest BCUT2D eigenvalue weighted by molar-refractivity contribution is -0.120. The van der Waals surface area contributed by atoms with E-state index in [-0.39, 0.29) is 5.91 Å². The summed E-state index contributed by atoms with van der Waals surface area (Å²) in [6, 6.07) is 25.6. The predicted molar refractivity (Wildman–Crippen MR) is 128 cm³/mol. The Morgan fingerprint density at radius 3 is 2.38 bits per heavy atom. The molecule has 168 valence electrons. The van der Waals surface area contributed by atoms with Gasteiger partial charge in [0, 0.05) is 19.6 Å². The van der Waals surface area contributed by atoms with Crippen molar-refractivity contribution in [2.45, 2.75) is 26.3 Å². The van der Waals surface area contributed by atoms with Crippen LogP contribution in [0.1, 0.15) is 24.5 Å². The highest BCUT2D eigenvalue weighted by atomic mass is 16.5. The third-order valence-corrected chi connectivity index (χ3v) is 5.23. The van der Waals surface area contributed by atoms with Gasteiger partial charge in [-0.1, -0.05) is 61.5 Å². The van der Waals surface area contributed by atoms with Crippen LogP contribution in [-0.2, 0) is 17.8 Å². The fourth-order valence-corrected chi connectivity index (χ4v) is 3.52. The first kappa shape index (κ1) is 23.4. The smallest absolute Gasteiger partial charge is 0.224 e. The Morgan fingerprint density at radius 2 is 1.62 bits per heavy atom. The summed E-state index contributed by atoms with van der Waals surface area (Å²) < 4.78 is 11.4. The van der Waals surface area contributed by atoms with Gasteiger partial charge in [-0.25, -0.2) is 0 Å². The number of carbonyl (C=O) groups is 1. The van der Waals surface area contributed by atoms with E-state index in [1.54, 1.807) is 7.11 Å². The molecule has 0 aromatic heterocycles. The lowest BCUT2D eigenvalue weighted by atomic mass is 10.1. The zero-order valence-corrected chi connectivity index (χ0v) is 18.9. The molecule has 5 heteroatoms. The first-order chi connectivity index (χ1) is 15.7. The second kappa shape index (κ2) is 12.5. The molecule has 5 nitrogen and oxygen atoms in total. The molecule has 0 radical (unpaired) electrons. The van der Waals surface area contributed by atoms with Gasteiger partial charge < -0.3 is 14.8 Å². The van der Waals surface area contributed by atoms with E-state index in [9.17, 15) is 4.79 Å². The van der Waals surface area contributed by atoms with E-state index in [4.69, 9.17) is 9.47 Å². The highest BCUT2D eigenvalue weighted by Crippen LogP contribution is 2.31. The molecule has 0 aliphatic carbocycles. The summed E-state index contributed by atoms with van der Waals surface area (Å²) in [6.07, 6.45) is 1.34. The maximum atomic E-state index is 12.1. The number of ether oxygens (including phenoxy) is 2. The molecule has 1 amide bonds. The molecule has 0 unspecified atom stereocenters. The second-order valence-electron chi connectivity index (χ2n) is 7.63. The van der Waals surface area contributed by atoms with Crippen LogP contribution in [0.5, 0.6) is 17.2 Å². The minimum atomic E-state index is 0.0699. The molecule has 0 atom stereocenters. The van der Waals surface area contributed by atoms with Crippen LogP contribution in [0.4, 0.5) is 0 Å². The van der Waals surface area contributed by atoms with Gasteiger partial charge in [0.1, 0.15) is 5.75 Å². The summed E-state index contributed by atoms with van der Waals surface area (Å²) in [5.41, 5.74) is 2.22. The second-order valence-corrected chi connectivity index (χ2v) is 7.63. The normalized spacial score (nSPS) is 10.7. The zero-order chi connectivity index (χ0) is 22.6. The minimum absolute atomic E-state index is 0.0699. The first-order valence-corrected chi connectivity index (χ1v) is 11.1. The van der Waals surface area contributed by atoms with E-state index in [2.05, 4.69) is 29.3 Å². The number of hydrogen-bond acceptors (Lipinski definition) is 4. The Morgan fingerprint density at radius 1 is 0.906 bits per heavy atom. The molecule has 0 aliphatic rings. The number of hydrogen-bond donors (Lipinski definition) is 1. The lowest BCUT2D eigenvalue weighted by Crippen LogP contribution is -2.30. The van der Waals surface area contributed by atoms with Crippen LogP contribution in [0.15, 0.2) is 78.9 Å². The average molecular weight is 433 g/mol. The van der Waals surface area contributed by atoms with Gasteiger partial charge in [-0.15, -0.1) is 0 Å². The van der Waals surface area contributed by atoms with E-state index in [1.165, 1.54) is 5.56 Å². The molecule has 0 heterocycles. The third kappa shape index (κ3) is 7.43. The molecule has 0 saturated heterocycles. The van der Waals surface area contributed by atoms with Gasteiger partial charge in [-0.05, 0) is 48.4 Å². The Kier molecular flexibility index (Phi) is 9.14. The van der Waals surface area contributed by atoms with Crippen molar-refractivity contribution in [3.63, 3.8) is 0 Å². The van der Waals surface area contributed by atoms with Gasteiger partial charge in [0.05, 0.1) is 13.5 Å². The van der Waals surface area contributed by atoms with Crippen molar-refractivity contribution in [1.29, 1.82) is 0 Å². The van der Waals surface area contributed by atoms with Gasteiger partial charge in [0.15, 0.2) is 11.5 Å². The summed E-state index contributed by atoms with van der Waals surface area (Å²) in [5.74, 6) is 2.27. The zero-order valence-electron chi connectivity index (χ0n) is 18.9. The average Bonchev–Trinajstić information content (AvgIpc) is 2.82. The number of para-hydroxylation sites is 2. The Balaban J connectivity index is 1.46. The van der Waals surface area contributed by atoms with E-state index < -0.39 is 0 Å². The molecule has 0 bridgehead atoms. The summed E-state index contributed by atoms with van der Waals surface area (Å²) in [7, 11) is 1.64. The molecule has 0 aliphatic heterocycles. The van der Waals surface area contributed by atoms with Crippen molar-refractivity contribution < 1.29 is 14.3 Å². The van der Waals surface area contributed by atoms with Crippen molar-refractivity contribution in [2.75, 3.05) is 26.7 Å². The third-order valence-electron chi connectivity index (χ3n) is 5.23. The number of amides is 1. The summed E-state index contributed by atoms with van der Waals surface area (Å²) in [4.78, 5) is 14.5. The number of nitrogens with zero attached hydrogens (tertiary/aromatic N) is 1. The number of benzene rings is 3. The predicted octanol–water partition coefficient (Wildman–Crippen LogP) is 5.06. The quantitative estimate of drug-likeness (QED) is 0.407. The Bertz CT molecular complexity index is 975. The van der Waals surface area contributed by atoms with Crippen molar-refractivity contribution in [2.24, 2.45) is 0 Å². The van der Waals surface area contributed by atoms with Crippen LogP contribution >= 0.6 is 0 Å². The van der Waals surface area contributed by atoms with E-state index >= 15 is 0 Å². The molecular weight excluding hydrogens is 400 g/mol. The summed E-state index contributed by atoms with van der Waals surface area (Å²) >= 11 is 0. The van der Waals surface area contributed by atoms with Crippen LogP contribution in [0, 0.1) is 0 Å². The highest BCUT2D eigenvalue weighted by molar-refractivity contribution is 5.78. The van der Waals surface area contributed by atoms with E-state index in [1.807, 2.05) is 66.7 Å². The number of rotatable bonds is 12. The monoisotopic (exact) mass is 432 g/mol. The van der Waals surface area contributed by atoms with Crippen molar-refractivity contribution in [3.8, 4) is 17.2 Å². The van der Waals surface area contributed by atoms with E-state index in [0.29, 0.717) is 24.5 Å². The maximum Gasteiger partial charge on any atom is 0.224 e. The van der Waals surface area contributed by atoms with E-state index in [0.717, 1.165) is 37.4 Å². The topological polar surface area (TPSA) is 50.8 Å². The van der Waals surface area contributed by atoms with Gasteiger partial charge >= 0.3 is 0 Å². The first-order valence-electron chi connectivity index (χ1n) is 11.1. The van der Waals surface area contributed by atoms with Crippen LogP contribution in [0.25, 0.3) is 0 Å². The molecule has 32 heavy (non-hydrogen) atoms. The molecule has 0 fully saturated rings. The SMILES string of the molecule is CCN(CCCNC(=O)Cc1ccccc1)Cc1cccc(Oc2ccccc2OC)c1. The molecule has 1 N–H and O–H groups in total. The summed E-state index contributed by atoms with van der Waals surface area (Å²) in [5, 5.41) is 3.02. The molecular formula is C27H32N2O3. The number of methoxy groups -OCH3 is 1. The number of nitrogens with one attached hydrogen (secondary N) is 1. The maximum absolute atomic E-state index is 12.1. The van der Waals surface area contributed by atoms with Crippen LogP contribution in [-0.4, -0.2) is 37.6 Å². The Hall–Kier alpha value is -3.31. The van der Waals surface area contributed by atoms with Crippen LogP contribution < -0.4 is 14.8 Å².